The molecule has 156 valence electrons. The minimum absolute atomic E-state index is 0.644. The number of benzene rings is 3. The number of nitrogens with zero attached hydrogens (tertiary/aromatic N) is 3. The number of rotatable bonds is 4. The van der Waals surface area contributed by atoms with Crippen molar-refractivity contribution in [2.45, 2.75) is 6.42 Å². The summed E-state index contributed by atoms with van der Waals surface area (Å²) in [5.41, 5.74) is 11.7. The number of nitrogens with two attached hydrogens (primary N) is 1. The van der Waals surface area contributed by atoms with E-state index in [1.165, 1.54) is 15.6 Å². The molecule has 0 saturated heterocycles. The van der Waals surface area contributed by atoms with E-state index in [0.29, 0.717) is 11.6 Å². The average Bonchev–Trinajstić information content (AvgIpc) is 3.44. The highest BCUT2D eigenvalue weighted by atomic mass is 35.5. The molecule has 0 saturated carbocycles. The van der Waals surface area contributed by atoms with Crippen LogP contribution in [0.4, 0.5) is 0 Å². The van der Waals surface area contributed by atoms with Crippen molar-refractivity contribution in [2.75, 3.05) is 6.54 Å². The number of imidazole rings is 1. The highest BCUT2D eigenvalue weighted by Gasteiger charge is 2.15. The Bertz CT molecular complexity index is 1560. The van der Waals surface area contributed by atoms with Gasteiger partial charge in [0.2, 0.25) is 0 Å². The molecule has 3 heterocycles. The van der Waals surface area contributed by atoms with E-state index in [9.17, 15) is 0 Å². The smallest absolute Gasteiger partial charge is 0.108 e. The SMILES string of the molecule is NCCc1ccc(-n2cnc3cnc4cc(Cl)c(-c5cc6ccccc6s5)cc4c32)cc1. The van der Waals surface area contributed by atoms with Crippen LogP contribution >= 0.6 is 22.9 Å². The molecule has 2 N–H and O–H groups in total. The maximum atomic E-state index is 6.73. The molecule has 0 unspecified atom stereocenters. The van der Waals surface area contributed by atoms with Gasteiger partial charge >= 0.3 is 0 Å². The fraction of sp³-hybridized carbons (Fsp3) is 0.0769. The van der Waals surface area contributed by atoms with Crippen molar-refractivity contribution < 1.29 is 0 Å². The summed E-state index contributed by atoms with van der Waals surface area (Å²) in [4.78, 5) is 10.4. The normalized spacial score (nSPS) is 11.7. The fourth-order valence-electron chi connectivity index (χ4n) is 4.20. The van der Waals surface area contributed by atoms with Crippen LogP contribution in [0.2, 0.25) is 5.02 Å². The fourth-order valence-corrected chi connectivity index (χ4v) is 5.61. The van der Waals surface area contributed by atoms with Gasteiger partial charge in [-0.25, -0.2) is 4.98 Å². The Morgan fingerprint density at radius 1 is 0.938 bits per heavy atom. The molecule has 4 nitrogen and oxygen atoms in total. The monoisotopic (exact) mass is 454 g/mol. The molecule has 6 heteroatoms. The zero-order valence-corrected chi connectivity index (χ0v) is 18.7. The van der Waals surface area contributed by atoms with Crippen LogP contribution in [0.3, 0.4) is 0 Å². The first-order valence-electron chi connectivity index (χ1n) is 10.4. The summed E-state index contributed by atoms with van der Waals surface area (Å²) < 4.78 is 3.37. The first-order chi connectivity index (χ1) is 15.7. The Labute approximate surface area is 193 Å². The minimum atomic E-state index is 0.644. The van der Waals surface area contributed by atoms with Crippen molar-refractivity contribution in [1.29, 1.82) is 0 Å². The van der Waals surface area contributed by atoms with Crippen LogP contribution in [0.5, 0.6) is 0 Å². The second-order valence-corrected chi connectivity index (χ2v) is 9.30. The highest BCUT2D eigenvalue weighted by molar-refractivity contribution is 7.22. The molecule has 0 atom stereocenters. The lowest BCUT2D eigenvalue weighted by atomic mass is 10.1. The highest BCUT2D eigenvalue weighted by Crippen LogP contribution is 2.40. The number of hydrogen-bond donors (Lipinski definition) is 1. The summed E-state index contributed by atoms with van der Waals surface area (Å²) in [6.07, 6.45) is 4.54. The Balaban J connectivity index is 1.57. The van der Waals surface area contributed by atoms with E-state index in [1.54, 1.807) is 11.3 Å². The van der Waals surface area contributed by atoms with Gasteiger partial charge < -0.3 is 5.73 Å². The van der Waals surface area contributed by atoms with Crippen molar-refractivity contribution in [3.05, 3.63) is 89.8 Å². The molecule has 3 aromatic carbocycles. The molecule has 0 aliphatic rings. The summed E-state index contributed by atoms with van der Waals surface area (Å²) in [7, 11) is 0. The number of thiophene rings is 1. The molecule has 0 radical (unpaired) electrons. The molecular weight excluding hydrogens is 436 g/mol. The van der Waals surface area contributed by atoms with Gasteiger partial charge in [0.15, 0.2) is 0 Å². The van der Waals surface area contributed by atoms with Crippen molar-refractivity contribution in [1.82, 2.24) is 14.5 Å². The molecule has 32 heavy (non-hydrogen) atoms. The van der Waals surface area contributed by atoms with Crippen LogP contribution < -0.4 is 5.73 Å². The Kier molecular flexibility index (Phi) is 4.68. The number of hydrogen-bond acceptors (Lipinski definition) is 4. The predicted molar refractivity (Wildman–Crippen MR) is 135 cm³/mol. The summed E-state index contributed by atoms with van der Waals surface area (Å²) in [5.74, 6) is 0. The molecule has 6 rings (SSSR count). The second kappa shape index (κ2) is 7.71. The lowest BCUT2D eigenvalue weighted by Crippen LogP contribution is -2.02. The summed E-state index contributed by atoms with van der Waals surface area (Å²) in [6.45, 7) is 0.644. The van der Waals surface area contributed by atoms with Gasteiger partial charge in [-0.2, -0.15) is 0 Å². The van der Waals surface area contributed by atoms with Gasteiger partial charge in [0.05, 0.1) is 22.3 Å². The van der Waals surface area contributed by atoms with E-state index in [-0.39, 0.29) is 0 Å². The van der Waals surface area contributed by atoms with E-state index in [2.05, 4.69) is 75.2 Å². The van der Waals surface area contributed by atoms with Gasteiger partial charge in [0.1, 0.15) is 11.8 Å². The van der Waals surface area contributed by atoms with Crippen molar-refractivity contribution in [2.24, 2.45) is 5.73 Å². The molecular formula is C26H19ClN4S. The largest absolute Gasteiger partial charge is 0.330 e. The van der Waals surface area contributed by atoms with Crippen LogP contribution in [0.25, 0.3) is 48.2 Å². The number of pyridine rings is 1. The van der Waals surface area contributed by atoms with Crippen molar-refractivity contribution in [3.63, 3.8) is 0 Å². The zero-order valence-electron chi connectivity index (χ0n) is 17.1. The molecule has 0 fully saturated rings. The van der Waals surface area contributed by atoms with Crippen molar-refractivity contribution in [3.8, 4) is 16.1 Å². The third kappa shape index (κ3) is 3.17. The molecule has 0 amide bonds. The van der Waals surface area contributed by atoms with Gasteiger partial charge in [-0.15, -0.1) is 11.3 Å². The van der Waals surface area contributed by atoms with E-state index in [4.69, 9.17) is 17.3 Å². The maximum Gasteiger partial charge on any atom is 0.108 e. The molecule has 0 spiro atoms. The third-order valence-electron chi connectivity index (χ3n) is 5.80. The summed E-state index contributed by atoms with van der Waals surface area (Å²) in [5, 5.41) is 2.96. The van der Waals surface area contributed by atoms with E-state index >= 15 is 0 Å². The first kappa shape index (κ1) is 19.4. The minimum Gasteiger partial charge on any atom is -0.330 e. The zero-order chi connectivity index (χ0) is 21.7. The first-order valence-corrected chi connectivity index (χ1v) is 11.6. The Morgan fingerprint density at radius 3 is 2.59 bits per heavy atom. The molecule has 0 aliphatic carbocycles. The third-order valence-corrected chi connectivity index (χ3v) is 7.26. The van der Waals surface area contributed by atoms with E-state index in [0.717, 1.165) is 44.5 Å². The molecule has 0 aliphatic heterocycles. The topological polar surface area (TPSA) is 56.7 Å². The average molecular weight is 455 g/mol. The van der Waals surface area contributed by atoms with Gasteiger partial charge in [-0.1, -0.05) is 41.9 Å². The van der Waals surface area contributed by atoms with Gasteiger partial charge in [0.25, 0.3) is 0 Å². The number of halogens is 1. The van der Waals surface area contributed by atoms with Crippen LogP contribution in [0, 0.1) is 0 Å². The van der Waals surface area contributed by atoms with E-state index in [1.807, 2.05) is 18.6 Å². The molecule has 6 aromatic rings. The maximum absolute atomic E-state index is 6.73. The predicted octanol–water partition coefficient (Wildman–Crippen LogP) is 6.61. The van der Waals surface area contributed by atoms with Crippen LogP contribution in [-0.2, 0) is 6.42 Å². The standard InChI is InChI=1S/C26H19ClN4S/c27-21-13-22-20(12-19(21)25-11-17-3-1-2-4-24(17)32-25)26-23(14-29-22)30-15-31(26)18-7-5-16(6-8-18)9-10-28/h1-8,11-15H,9-10,28H2. The quantitative estimate of drug-likeness (QED) is 0.326. The molecule has 3 aromatic heterocycles. The lowest BCUT2D eigenvalue weighted by molar-refractivity contribution is 0.966. The second-order valence-electron chi connectivity index (χ2n) is 7.81. The van der Waals surface area contributed by atoms with Crippen LogP contribution in [0.1, 0.15) is 5.56 Å². The summed E-state index contributed by atoms with van der Waals surface area (Å²) in [6, 6.07) is 23.2. The Hall–Kier alpha value is -3.25. The van der Waals surface area contributed by atoms with E-state index < -0.39 is 0 Å². The van der Waals surface area contributed by atoms with Gasteiger partial charge in [0, 0.05) is 26.2 Å². The lowest BCUT2D eigenvalue weighted by Gasteiger charge is -2.10. The summed E-state index contributed by atoms with van der Waals surface area (Å²) >= 11 is 8.48. The van der Waals surface area contributed by atoms with Gasteiger partial charge in [-0.05, 0) is 60.3 Å². The van der Waals surface area contributed by atoms with Gasteiger partial charge in [-0.3, -0.25) is 9.55 Å². The molecule has 0 bridgehead atoms. The van der Waals surface area contributed by atoms with Crippen molar-refractivity contribution >= 4 is 55.0 Å². The number of aromatic nitrogens is 3. The number of fused-ring (bicyclic) bond motifs is 4. The van der Waals surface area contributed by atoms with Crippen LogP contribution in [0.15, 0.2) is 79.3 Å². The van der Waals surface area contributed by atoms with Crippen LogP contribution in [-0.4, -0.2) is 21.1 Å². The Morgan fingerprint density at radius 2 is 1.78 bits per heavy atom.